The first kappa shape index (κ1) is 10.0. The molecule has 0 atom stereocenters. The van der Waals surface area contributed by atoms with Gasteiger partial charge in [-0.15, -0.1) is 0 Å². The van der Waals surface area contributed by atoms with Crippen molar-refractivity contribution in [3.05, 3.63) is 53.0 Å². The number of nitrogens with zero attached hydrogens (tertiary/aromatic N) is 2. The molecule has 2 N–H and O–H groups in total. The Kier molecular flexibility index (Phi) is 2.73. The van der Waals surface area contributed by atoms with E-state index < -0.39 is 5.91 Å². The Hall–Kier alpha value is -2.50. The molecule has 2 rings (SSSR count). The summed E-state index contributed by atoms with van der Waals surface area (Å²) in [7, 11) is 0. The number of nitrogens with one attached hydrogen (secondary N) is 2. The standard InChI is InChI=1S/C10H8N4O2/c15-9-5-8(12-6-13-9)10(16)14-7-1-3-11-4-2-7/h1-6H,(H,11,14,16)(H,12,13,15). The van der Waals surface area contributed by atoms with Crippen molar-refractivity contribution in [1.82, 2.24) is 15.0 Å². The molecule has 2 aromatic rings. The van der Waals surface area contributed by atoms with Crippen LogP contribution in [0, 0.1) is 0 Å². The van der Waals surface area contributed by atoms with Gasteiger partial charge in [-0.25, -0.2) is 4.98 Å². The summed E-state index contributed by atoms with van der Waals surface area (Å²) in [6.07, 6.45) is 4.30. The van der Waals surface area contributed by atoms with Gasteiger partial charge in [0.05, 0.1) is 6.33 Å². The van der Waals surface area contributed by atoms with Crippen LogP contribution in [0.5, 0.6) is 0 Å². The molecule has 0 aromatic carbocycles. The predicted molar refractivity (Wildman–Crippen MR) is 57.0 cm³/mol. The number of hydrogen-bond donors (Lipinski definition) is 2. The summed E-state index contributed by atoms with van der Waals surface area (Å²) in [5.41, 5.74) is 0.303. The summed E-state index contributed by atoms with van der Waals surface area (Å²) in [5.74, 6) is -0.433. The monoisotopic (exact) mass is 216 g/mol. The van der Waals surface area contributed by atoms with Crippen molar-refractivity contribution in [3.63, 3.8) is 0 Å². The Bertz CT molecular complexity index is 550. The molecule has 0 radical (unpaired) electrons. The van der Waals surface area contributed by atoms with Gasteiger partial charge in [-0.3, -0.25) is 14.6 Å². The summed E-state index contributed by atoms with van der Waals surface area (Å²) in [4.78, 5) is 32.5. The van der Waals surface area contributed by atoms with Crippen LogP contribution in [0.3, 0.4) is 0 Å². The van der Waals surface area contributed by atoms with Gasteiger partial charge < -0.3 is 10.3 Å². The number of H-pyrrole nitrogens is 1. The highest BCUT2D eigenvalue weighted by molar-refractivity contribution is 6.02. The molecule has 6 heteroatoms. The molecule has 0 fully saturated rings. The van der Waals surface area contributed by atoms with E-state index in [0.29, 0.717) is 5.69 Å². The molecular weight excluding hydrogens is 208 g/mol. The highest BCUT2D eigenvalue weighted by atomic mass is 16.2. The van der Waals surface area contributed by atoms with Gasteiger partial charge in [-0.05, 0) is 12.1 Å². The minimum atomic E-state index is -0.433. The molecule has 0 aliphatic rings. The van der Waals surface area contributed by atoms with Crippen LogP contribution in [0.25, 0.3) is 0 Å². The molecule has 16 heavy (non-hydrogen) atoms. The molecule has 0 saturated heterocycles. The van der Waals surface area contributed by atoms with E-state index in [-0.39, 0.29) is 11.3 Å². The van der Waals surface area contributed by atoms with Crippen LogP contribution in [0.4, 0.5) is 5.69 Å². The third-order valence-corrected chi connectivity index (χ3v) is 1.85. The lowest BCUT2D eigenvalue weighted by Crippen LogP contribution is -2.17. The third kappa shape index (κ3) is 2.30. The summed E-state index contributed by atoms with van der Waals surface area (Å²) in [5, 5.41) is 2.59. The van der Waals surface area contributed by atoms with Gasteiger partial charge in [-0.2, -0.15) is 0 Å². The number of carbonyl (C=O) groups excluding carboxylic acids is 1. The van der Waals surface area contributed by atoms with E-state index in [4.69, 9.17) is 0 Å². The van der Waals surface area contributed by atoms with E-state index in [1.807, 2.05) is 0 Å². The number of pyridine rings is 1. The molecule has 0 unspecified atom stereocenters. The van der Waals surface area contributed by atoms with Crippen LogP contribution in [-0.2, 0) is 0 Å². The summed E-state index contributed by atoms with van der Waals surface area (Å²) in [6.45, 7) is 0. The number of aromatic nitrogens is 3. The second-order valence-corrected chi connectivity index (χ2v) is 2.99. The highest BCUT2D eigenvalue weighted by Crippen LogP contribution is 2.04. The number of aromatic amines is 1. The Morgan fingerprint density at radius 2 is 2.06 bits per heavy atom. The first-order valence-corrected chi connectivity index (χ1v) is 4.52. The van der Waals surface area contributed by atoms with Gasteiger partial charge in [0.15, 0.2) is 0 Å². The minimum Gasteiger partial charge on any atom is -0.321 e. The summed E-state index contributed by atoms with van der Waals surface area (Å²) < 4.78 is 0. The first-order chi connectivity index (χ1) is 7.75. The fourth-order valence-electron chi connectivity index (χ4n) is 1.12. The Balaban J connectivity index is 2.18. The molecule has 0 bridgehead atoms. The fourth-order valence-corrected chi connectivity index (χ4v) is 1.12. The van der Waals surface area contributed by atoms with Crippen LogP contribution >= 0.6 is 0 Å². The molecule has 0 spiro atoms. The number of anilines is 1. The molecular formula is C10H8N4O2. The van der Waals surface area contributed by atoms with Crippen LogP contribution in [-0.4, -0.2) is 20.9 Å². The highest BCUT2D eigenvalue weighted by Gasteiger charge is 2.07. The molecule has 2 heterocycles. The number of carbonyl (C=O) groups is 1. The summed E-state index contributed by atoms with van der Waals surface area (Å²) in [6, 6.07) is 4.42. The second kappa shape index (κ2) is 4.35. The molecule has 1 amide bonds. The van der Waals surface area contributed by atoms with Gasteiger partial charge in [0.1, 0.15) is 5.69 Å². The van der Waals surface area contributed by atoms with Crippen LogP contribution < -0.4 is 10.9 Å². The SMILES string of the molecule is O=C(Nc1ccncc1)c1cc(=O)[nH]cn1. The Morgan fingerprint density at radius 1 is 1.31 bits per heavy atom. The largest absolute Gasteiger partial charge is 0.321 e. The Labute approximate surface area is 90.4 Å². The van der Waals surface area contributed by atoms with Crippen molar-refractivity contribution in [2.75, 3.05) is 5.32 Å². The molecule has 6 nitrogen and oxygen atoms in total. The van der Waals surface area contributed by atoms with E-state index in [1.54, 1.807) is 24.5 Å². The molecule has 0 aliphatic heterocycles. The lowest BCUT2D eigenvalue weighted by molar-refractivity contribution is 0.102. The third-order valence-electron chi connectivity index (χ3n) is 1.85. The average Bonchev–Trinajstić information content (AvgIpc) is 2.30. The molecule has 80 valence electrons. The zero-order chi connectivity index (χ0) is 11.4. The Morgan fingerprint density at radius 3 is 2.75 bits per heavy atom. The van der Waals surface area contributed by atoms with E-state index in [1.165, 1.54) is 6.33 Å². The van der Waals surface area contributed by atoms with Crippen molar-refractivity contribution in [3.8, 4) is 0 Å². The van der Waals surface area contributed by atoms with Gasteiger partial charge >= 0.3 is 0 Å². The van der Waals surface area contributed by atoms with Crippen molar-refractivity contribution >= 4 is 11.6 Å². The zero-order valence-electron chi connectivity index (χ0n) is 8.18. The van der Waals surface area contributed by atoms with Gasteiger partial charge in [-0.1, -0.05) is 0 Å². The molecule has 0 aliphatic carbocycles. The molecule has 2 aromatic heterocycles. The van der Waals surface area contributed by atoms with Gasteiger partial charge in [0.2, 0.25) is 0 Å². The number of hydrogen-bond acceptors (Lipinski definition) is 4. The predicted octanol–water partition coefficient (Wildman–Crippen LogP) is 0.417. The quantitative estimate of drug-likeness (QED) is 0.761. The van der Waals surface area contributed by atoms with E-state index in [0.717, 1.165) is 6.07 Å². The lowest BCUT2D eigenvalue weighted by Gasteiger charge is -2.02. The maximum atomic E-state index is 11.6. The van der Waals surface area contributed by atoms with Crippen LogP contribution in [0.15, 0.2) is 41.7 Å². The van der Waals surface area contributed by atoms with E-state index in [9.17, 15) is 9.59 Å². The fraction of sp³-hybridized carbons (Fsp3) is 0. The van der Waals surface area contributed by atoms with Crippen molar-refractivity contribution < 1.29 is 4.79 Å². The normalized spacial score (nSPS) is 9.75. The van der Waals surface area contributed by atoms with E-state index in [2.05, 4.69) is 20.3 Å². The summed E-state index contributed by atoms with van der Waals surface area (Å²) >= 11 is 0. The van der Waals surface area contributed by atoms with Crippen LogP contribution in [0.2, 0.25) is 0 Å². The maximum absolute atomic E-state index is 11.6. The number of rotatable bonds is 2. The number of amides is 1. The van der Waals surface area contributed by atoms with Crippen molar-refractivity contribution in [2.24, 2.45) is 0 Å². The zero-order valence-corrected chi connectivity index (χ0v) is 8.18. The smallest absolute Gasteiger partial charge is 0.274 e. The second-order valence-electron chi connectivity index (χ2n) is 2.99. The van der Waals surface area contributed by atoms with Gasteiger partial charge in [0.25, 0.3) is 11.5 Å². The van der Waals surface area contributed by atoms with Gasteiger partial charge in [0, 0.05) is 24.1 Å². The molecule has 0 saturated carbocycles. The lowest BCUT2D eigenvalue weighted by atomic mass is 10.3. The first-order valence-electron chi connectivity index (χ1n) is 4.52. The average molecular weight is 216 g/mol. The van der Waals surface area contributed by atoms with E-state index >= 15 is 0 Å². The van der Waals surface area contributed by atoms with Crippen molar-refractivity contribution in [2.45, 2.75) is 0 Å². The maximum Gasteiger partial charge on any atom is 0.274 e. The van der Waals surface area contributed by atoms with Crippen LogP contribution in [0.1, 0.15) is 10.5 Å². The minimum absolute atomic E-state index is 0.0700. The van der Waals surface area contributed by atoms with Crippen molar-refractivity contribution in [1.29, 1.82) is 0 Å². The topological polar surface area (TPSA) is 87.7 Å².